The fourth-order valence-electron chi connectivity index (χ4n) is 4.73. The van der Waals surface area contributed by atoms with Gasteiger partial charge in [-0.1, -0.05) is 0 Å². The lowest BCUT2D eigenvalue weighted by Crippen LogP contribution is -2.39. The lowest BCUT2D eigenvalue weighted by Gasteiger charge is -2.30. The van der Waals surface area contributed by atoms with Crippen molar-refractivity contribution in [1.82, 2.24) is 25.1 Å². The van der Waals surface area contributed by atoms with Gasteiger partial charge < -0.3 is 10.4 Å². The summed E-state index contributed by atoms with van der Waals surface area (Å²) < 4.78 is 1.75. The minimum Gasteiger partial charge on any atom is -0.507 e. The minimum atomic E-state index is 0.192. The van der Waals surface area contributed by atoms with Crippen molar-refractivity contribution in [3.8, 4) is 17.0 Å². The Morgan fingerprint density at radius 1 is 1.07 bits per heavy atom. The summed E-state index contributed by atoms with van der Waals surface area (Å²) in [6.07, 6.45) is 6.87. The summed E-state index contributed by atoms with van der Waals surface area (Å²) in [5, 5.41) is 19.5. The van der Waals surface area contributed by atoms with Gasteiger partial charge in [0.2, 0.25) is 0 Å². The van der Waals surface area contributed by atoms with Crippen molar-refractivity contribution >= 4 is 21.9 Å². The monoisotopic (exact) mass is 385 g/mol. The molecular formula is C23H23N5O. The lowest BCUT2D eigenvalue weighted by molar-refractivity contribution is 0.342. The molecule has 6 nitrogen and oxygen atoms in total. The average Bonchev–Trinajstić information content (AvgIpc) is 3.36. The van der Waals surface area contributed by atoms with Crippen LogP contribution in [0.15, 0.2) is 42.6 Å². The van der Waals surface area contributed by atoms with Crippen LogP contribution in [0.3, 0.4) is 0 Å². The number of fused-ring (bicyclic) bond motifs is 2. The van der Waals surface area contributed by atoms with Gasteiger partial charge in [0.15, 0.2) is 0 Å². The van der Waals surface area contributed by atoms with Crippen LogP contribution >= 0.6 is 0 Å². The molecule has 29 heavy (non-hydrogen) atoms. The number of phenols is 1. The van der Waals surface area contributed by atoms with Crippen LogP contribution < -0.4 is 5.32 Å². The SMILES string of the molecule is Cn1cc2cc(-c3ccc4nc([C@H]5CCNC6(CC6)C5)ccc4n3)c(O)cc2n1. The molecule has 0 radical (unpaired) electrons. The van der Waals surface area contributed by atoms with Gasteiger partial charge in [0, 0.05) is 47.4 Å². The normalized spacial score (nSPS) is 20.5. The van der Waals surface area contributed by atoms with E-state index in [1.54, 1.807) is 10.7 Å². The second kappa shape index (κ2) is 6.00. The van der Waals surface area contributed by atoms with Crippen LogP contribution in [-0.2, 0) is 7.05 Å². The third kappa shape index (κ3) is 2.86. The number of hydrogen-bond acceptors (Lipinski definition) is 5. The van der Waals surface area contributed by atoms with Gasteiger partial charge in [-0.25, -0.2) is 4.98 Å². The highest BCUT2D eigenvalue weighted by Crippen LogP contribution is 2.46. The number of aromatic nitrogens is 4. The highest BCUT2D eigenvalue weighted by atomic mass is 16.3. The van der Waals surface area contributed by atoms with Crippen molar-refractivity contribution in [2.24, 2.45) is 7.05 Å². The number of rotatable bonds is 2. The molecule has 1 atom stereocenters. The first kappa shape index (κ1) is 16.9. The van der Waals surface area contributed by atoms with E-state index in [1.165, 1.54) is 25.0 Å². The Kier molecular flexibility index (Phi) is 3.50. The van der Waals surface area contributed by atoms with Gasteiger partial charge in [0.05, 0.1) is 22.2 Å². The van der Waals surface area contributed by atoms with E-state index in [0.29, 0.717) is 17.0 Å². The van der Waals surface area contributed by atoms with Gasteiger partial charge in [0.1, 0.15) is 5.75 Å². The second-order valence-electron chi connectivity index (χ2n) is 8.60. The van der Waals surface area contributed by atoms with Gasteiger partial charge in [0.25, 0.3) is 0 Å². The first-order valence-corrected chi connectivity index (χ1v) is 10.3. The van der Waals surface area contributed by atoms with Crippen molar-refractivity contribution < 1.29 is 5.11 Å². The van der Waals surface area contributed by atoms with Crippen LogP contribution in [0.1, 0.15) is 37.3 Å². The summed E-state index contributed by atoms with van der Waals surface area (Å²) in [7, 11) is 1.88. The number of nitrogens with one attached hydrogen (secondary N) is 1. The maximum absolute atomic E-state index is 10.5. The maximum atomic E-state index is 10.5. The molecule has 1 saturated carbocycles. The van der Waals surface area contributed by atoms with Crippen LogP contribution in [0.4, 0.5) is 0 Å². The van der Waals surface area contributed by atoms with Crippen molar-refractivity contribution in [2.45, 2.75) is 37.1 Å². The molecular weight excluding hydrogens is 362 g/mol. The molecule has 6 heteroatoms. The molecule has 1 aliphatic carbocycles. The van der Waals surface area contributed by atoms with Crippen molar-refractivity contribution in [3.63, 3.8) is 0 Å². The van der Waals surface area contributed by atoms with E-state index in [4.69, 9.17) is 9.97 Å². The smallest absolute Gasteiger partial charge is 0.127 e. The third-order valence-electron chi connectivity index (χ3n) is 6.48. The molecule has 0 amide bonds. The largest absolute Gasteiger partial charge is 0.507 e. The topological polar surface area (TPSA) is 75.9 Å². The third-order valence-corrected chi connectivity index (χ3v) is 6.48. The molecule has 1 aliphatic heterocycles. The molecule has 3 aromatic heterocycles. The molecule has 2 fully saturated rings. The van der Waals surface area contributed by atoms with Crippen LogP contribution in [0.25, 0.3) is 33.2 Å². The van der Waals surface area contributed by atoms with Crippen LogP contribution in [0.2, 0.25) is 0 Å². The highest BCUT2D eigenvalue weighted by Gasteiger charge is 2.46. The van der Waals surface area contributed by atoms with Gasteiger partial charge in [-0.05, 0) is 62.6 Å². The molecule has 0 unspecified atom stereocenters. The first-order chi connectivity index (χ1) is 14.1. The van der Waals surface area contributed by atoms with Gasteiger partial charge in [-0.15, -0.1) is 0 Å². The summed E-state index contributed by atoms with van der Waals surface area (Å²) >= 11 is 0. The van der Waals surface area contributed by atoms with Crippen molar-refractivity contribution in [2.75, 3.05) is 6.54 Å². The number of aromatic hydroxyl groups is 1. The summed E-state index contributed by atoms with van der Waals surface area (Å²) in [6, 6.07) is 11.8. The van der Waals surface area contributed by atoms with E-state index < -0.39 is 0 Å². The molecule has 146 valence electrons. The Morgan fingerprint density at radius 3 is 2.76 bits per heavy atom. The molecule has 0 bridgehead atoms. The highest BCUT2D eigenvalue weighted by molar-refractivity contribution is 5.88. The fraction of sp³-hybridized carbons (Fsp3) is 0.348. The van der Waals surface area contributed by atoms with Crippen LogP contribution in [0.5, 0.6) is 5.75 Å². The van der Waals surface area contributed by atoms with Crippen LogP contribution in [-0.4, -0.2) is 36.9 Å². The van der Waals surface area contributed by atoms with Crippen molar-refractivity contribution in [3.05, 3.63) is 48.3 Å². The quantitative estimate of drug-likeness (QED) is 0.547. The summed E-state index contributed by atoms with van der Waals surface area (Å²) in [5.41, 5.74) is 5.57. The number of aryl methyl sites for hydroxylation is 1. The fourth-order valence-corrected chi connectivity index (χ4v) is 4.73. The molecule has 6 rings (SSSR count). The maximum Gasteiger partial charge on any atom is 0.127 e. The standard InChI is InChI=1S/C23H23N5O/c1-28-13-15-10-16(22(29)11-21(15)27-28)18-3-5-19-20(26-18)4-2-17(25-19)14-6-9-24-23(12-14)7-8-23/h2-5,10-11,13-14,24,29H,6-9,12H2,1H3/t14-/m0/s1. The summed E-state index contributed by atoms with van der Waals surface area (Å²) in [4.78, 5) is 9.72. The average molecular weight is 385 g/mol. The van der Waals surface area contributed by atoms with Gasteiger partial charge in [-0.3, -0.25) is 9.67 Å². The number of hydrogen-bond donors (Lipinski definition) is 2. The van der Waals surface area contributed by atoms with Gasteiger partial charge >= 0.3 is 0 Å². The zero-order valence-corrected chi connectivity index (χ0v) is 16.4. The molecule has 4 aromatic rings. The Hall–Kier alpha value is -2.99. The zero-order chi connectivity index (χ0) is 19.6. The van der Waals surface area contributed by atoms with Crippen molar-refractivity contribution in [1.29, 1.82) is 0 Å². The van der Waals surface area contributed by atoms with E-state index in [1.807, 2.05) is 31.4 Å². The molecule has 1 aromatic carbocycles. The Balaban J connectivity index is 1.37. The van der Waals surface area contributed by atoms with E-state index in [-0.39, 0.29) is 5.75 Å². The first-order valence-electron chi connectivity index (χ1n) is 10.3. The Labute approximate surface area is 168 Å². The van der Waals surface area contributed by atoms with E-state index in [2.05, 4.69) is 22.5 Å². The number of phenolic OH excluding ortho intramolecular Hbond substituents is 1. The number of piperidine rings is 1. The molecule has 2 N–H and O–H groups in total. The zero-order valence-electron chi connectivity index (χ0n) is 16.4. The molecule has 4 heterocycles. The van der Waals surface area contributed by atoms with E-state index in [0.717, 1.165) is 40.6 Å². The molecule has 1 saturated heterocycles. The molecule has 2 aliphatic rings. The number of pyridine rings is 2. The predicted molar refractivity (Wildman–Crippen MR) is 113 cm³/mol. The Morgan fingerprint density at radius 2 is 1.90 bits per heavy atom. The molecule has 1 spiro atoms. The lowest BCUT2D eigenvalue weighted by atomic mass is 9.88. The summed E-state index contributed by atoms with van der Waals surface area (Å²) in [5.74, 6) is 0.719. The number of benzene rings is 1. The minimum absolute atomic E-state index is 0.192. The predicted octanol–water partition coefficient (Wildman–Crippen LogP) is 3.89. The van der Waals surface area contributed by atoms with E-state index in [9.17, 15) is 5.11 Å². The second-order valence-corrected chi connectivity index (χ2v) is 8.60. The van der Waals surface area contributed by atoms with Crippen LogP contribution in [0, 0.1) is 0 Å². The number of nitrogens with zero attached hydrogens (tertiary/aromatic N) is 4. The van der Waals surface area contributed by atoms with Gasteiger partial charge in [-0.2, -0.15) is 5.10 Å². The van der Waals surface area contributed by atoms with E-state index >= 15 is 0 Å². The Bertz CT molecular complexity index is 1260. The summed E-state index contributed by atoms with van der Waals surface area (Å²) in [6.45, 7) is 1.08.